The second-order valence-corrected chi connectivity index (χ2v) is 3.89. The molecular weight excluding hydrogens is 253 g/mol. The second kappa shape index (κ2) is 5.44. The molecule has 2 aromatic carbocycles. The molecule has 2 nitrogen and oxygen atoms in total. The number of nitriles is 1. The summed E-state index contributed by atoms with van der Waals surface area (Å²) in [7, 11) is 0. The molecule has 2 rings (SSSR count). The summed E-state index contributed by atoms with van der Waals surface area (Å²) in [5.41, 5.74) is 0.655. The van der Waals surface area contributed by atoms with Crippen molar-refractivity contribution in [3.63, 3.8) is 0 Å². The monoisotopic (exact) mass is 262 g/mol. The summed E-state index contributed by atoms with van der Waals surface area (Å²) in [6, 6.07) is 9.75. The zero-order chi connectivity index (χ0) is 13.8. The first-order valence-corrected chi connectivity index (χ1v) is 5.47. The van der Waals surface area contributed by atoms with Gasteiger partial charge >= 0.3 is 0 Å². The summed E-state index contributed by atoms with van der Waals surface area (Å²) in [6.45, 7) is 0. The second-order valence-electron chi connectivity index (χ2n) is 3.89. The Hall–Kier alpha value is -2.48. The van der Waals surface area contributed by atoms with Crippen LogP contribution in [0.5, 0.6) is 0 Å². The third-order valence-electron chi connectivity index (χ3n) is 2.54. The van der Waals surface area contributed by atoms with Crippen molar-refractivity contribution < 1.29 is 13.2 Å². The Balaban J connectivity index is 2.25. The molecule has 0 aliphatic carbocycles. The molecule has 0 aromatic heterocycles. The van der Waals surface area contributed by atoms with Crippen molar-refractivity contribution in [2.75, 3.05) is 5.32 Å². The van der Waals surface area contributed by atoms with E-state index in [1.807, 2.05) is 6.07 Å². The first-order valence-electron chi connectivity index (χ1n) is 5.47. The number of nitrogens with zero attached hydrogens (tertiary/aromatic N) is 1. The molecule has 2 aromatic rings. The lowest BCUT2D eigenvalue weighted by atomic mass is 10.1. The zero-order valence-corrected chi connectivity index (χ0v) is 9.70. The van der Waals surface area contributed by atoms with Crippen molar-refractivity contribution in [1.82, 2.24) is 0 Å². The minimum absolute atomic E-state index is 0.269. The summed E-state index contributed by atoms with van der Waals surface area (Å²) in [6.07, 6.45) is 0. The first kappa shape index (κ1) is 13.0. The standard InChI is InChI=1S/C14H9F3N2/c15-10-2-1-3-11(7-10)19-14(8-18)9-4-5-12(16)13(17)6-9/h1-7,14,19H. The number of anilines is 1. The lowest BCUT2D eigenvalue weighted by molar-refractivity contribution is 0.507. The fourth-order valence-corrected chi connectivity index (χ4v) is 1.63. The zero-order valence-electron chi connectivity index (χ0n) is 9.70. The van der Waals surface area contributed by atoms with Crippen LogP contribution in [-0.4, -0.2) is 0 Å². The van der Waals surface area contributed by atoms with Crippen LogP contribution in [0, 0.1) is 28.8 Å². The van der Waals surface area contributed by atoms with Crippen molar-refractivity contribution in [3.8, 4) is 6.07 Å². The van der Waals surface area contributed by atoms with Gasteiger partial charge < -0.3 is 5.32 Å². The Bertz CT molecular complexity index is 635. The largest absolute Gasteiger partial charge is 0.366 e. The van der Waals surface area contributed by atoms with Gasteiger partial charge in [-0.2, -0.15) is 5.26 Å². The third-order valence-corrected chi connectivity index (χ3v) is 2.54. The van der Waals surface area contributed by atoms with Gasteiger partial charge in [0.05, 0.1) is 6.07 Å². The maximum atomic E-state index is 13.1. The lowest BCUT2D eigenvalue weighted by Gasteiger charge is -2.13. The van der Waals surface area contributed by atoms with Gasteiger partial charge in [0.1, 0.15) is 11.9 Å². The van der Waals surface area contributed by atoms with Gasteiger partial charge in [-0.25, -0.2) is 13.2 Å². The highest BCUT2D eigenvalue weighted by Gasteiger charge is 2.13. The Morgan fingerprint density at radius 3 is 2.42 bits per heavy atom. The van der Waals surface area contributed by atoms with Crippen molar-refractivity contribution in [3.05, 3.63) is 65.5 Å². The maximum absolute atomic E-state index is 13.1. The molecule has 0 radical (unpaired) electrons. The number of hydrogen-bond acceptors (Lipinski definition) is 2. The van der Waals surface area contributed by atoms with Crippen LogP contribution in [-0.2, 0) is 0 Å². The van der Waals surface area contributed by atoms with Gasteiger partial charge in [-0.15, -0.1) is 0 Å². The van der Waals surface area contributed by atoms with E-state index in [1.165, 1.54) is 24.3 Å². The summed E-state index contributed by atoms with van der Waals surface area (Å²) < 4.78 is 38.9. The van der Waals surface area contributed by atoms with E-state index >= 15 is 0 Å². The highest BCUT2D eigenvalue weighted by molar-refractivity contribution is 5.47. The molecular formula is C14H9F3N2. The molecule has 1 N–H and O–H groups in total. The SMILES string of the molecule is N#CC(Nc1cccc(F)c1)c1ccc(F)c(F)c1. The molecule has 0 spiro atoms. The van der Waals surface area contributed by atoms with Crippen molar-refractivity contribution in [2.24, 2.45) is 0 Å². The molecule has 0 amide bonds. The molecule has 0 saturated carbocycles. The molecule has 0 heterocycles. The van der Waals surface area contributed by atoms with E-state index in [9.17, 15) is 13.2 Å². The van der Waals surface area contributed by atoms with Crippen LogP contribution in [0.4, 0.5) is 18.9 Å². The van der Waals surface area contributed by atoms with Crippen LogP contribution in [0.15, 0.2) is 42.5 Å². The summed E-state index contributed by atoms with van der Waals surface area (Å²) in [5, 5.41) is 11.8. The predicted octanol–water partition coefficient (Wildman–Crippen LogP) is 3.78. The molecule has 1 unspecified atom stereocenters. The quantitative estimate of drug-likeness (QED) is 0.913. The number of halogens is 3. The molecule has 5 heteroatoms. The minimum Gasteiger partial charge on any atom is -0.366 e. The van der Waals surface area contributed by atoms with E-state index in [4.69, 9.17) is 5.26 Å². The minimum atomic E-state index is -1.03. The first-order chi connectivity index (χ1) is 9.10. The van der Waals surface area contributed by atoms with Gasteiger partial charge in [0.15, 0.2) is 11.6 Å². The average molecular weight is 262 g/mol. The number of benzene rings is 2. The van der Waals surface area contributed by atoms with Crippen LogP contribution in [0.2, 0.25) is 0 Å². The molecule has 0 aliphatic rings. The van der Waals surface area contributed by atoms with Gasteiger partial charge in [-0.05, 0) is 35.9 Å². The predicted molar refractivity (Wildman–Crippen MR) is 64.7 cm³/mol. The van der Waals surface area contributed by atoms with Gasteiger partial charge in [0.25, 0.3) is 0 Å². The Morgan fingerprint density at radius 1 is 1.00 bits per heavy atom. The van der Waals surface area contributed by atoms with Crippen LogP contribution in [0.1, 0.15) is 11.6 Å². The summed E-state index contributed by atoms with van der Waals surface area (Å²) >= 11 is 0. The average Bonchev–Trinajstić information content (AvgIpc) is 2.39. The van der Waals surface area contributed by atoms with Crippen LogP contribution in [0.25, 0.3) is 0 Å². The fourth-order valence-electron chi connectivity index (χ4n) is 1.63. The van der Waals surface area contributed by atoms with Crippen molar-refractivity contribution in [1.29, 1.82) is 5.26 Å². The number of rotatable bonds is 3. The fraction of sp³-hybridized carbons (Fsp3) is 0.0714. The smallest absolute Gasteiger partial charge is 0.159 e. The molecule has 0 fully saturated rings. The molecule has 0 bridgehead atoms. The van der Waals surface area contributed by atoms with E-state index in [-0.39, 0.29) is 5.56 Å². The van der Waals surface area contributed by atoms with E-state index in [1.54, 1.807) is 6.07 Å². The molecule has 1 atom stereocenters. The van der Waals surface area contributed by atoms with Gasteiger partial charge in [-0.1, -0.05) is 12.1 Å². The maximum Gasteiger partial charge on any atom is 0.159 e. The van der Waals surface area contributed by atoms with E-state index in [0.29, 0.717) is 5.69 Å². The summed E-state index contributed by atoms with van der Waals surface area (Å²) in [5.74, 6) is -2.46. The molecule has 0 aliphatic heterocycles. The Kier molecular flexibility index (Phi) is 3.71. The highest BCUT2D eigenvalue weighted by atomic mass is 19.2. The van der Waals surface area contributed by atoms with Crippen molar-refractivity contribution >= 4 is 5.69 Å². The Morgan fingerprint density at radius 2 is 1.79 bits per heavy atom. The van der Waals surface area contributed by atoms with Gasteiger partial charge in [0.2, 0.25) is 0 Å². The van der Waals surface area contributed by atoms with Crippen LogP contribution >= 0.6 is 0 Å². The van der Waals surface area contributed by atoms with E-state index in [2.05, 4.69) is 5.32 Å². The Labute approximate surface area is 108 Å². The third kappa shape index (κ3) is 3.05. The van der Waals surface area contributed by atoms with E-state index in [0.717, 1.165) is 12.1 Å². The number of hydrogen-bond donors (Lipinski definition) is 1. The normalized spacial score (nSPS) is 11.7. The molecule has 96 valence electrons. The summed E-state index contributed by atoms with van der Waals surface area (Å²) in [4.78, 5) is 0. The van der Waals surface area contributed by atoms with Crippen LogP contribution < -0.4 is 5.32 Å². The van der Waals surface area contributed by atoms with Crippen LogP contribution in [0.3, 0.4) is 0 Å². The van der Waals surface area contributed by atoms with E-state index < -0.39 is 23.5 Å². The van der Waals surface area contributed by atoms with Crippen molar-refractivity contribution in [2.45, 2.75) is 6.04 Å². The van der Waals surface area contributed by atoms with Gasteiger partial charge in [0, 0.05) is 5.69 Å². The molecule has 19 heavy (non-hydrogen) atoms. The molecule has 0 saturated heterocycles. The highest BCUT2D eigenvalue weighted by Crippen LogP contribution is 2.21. The van der Waals surface area contributed by atoms with Gasteiger partial charge in [-0.3, -0.25) is 0 Å². The number of nitrogens with one attached hydrogen (secondary N) is 1. The topological polar surface area (TPSA) is 35.8 Å². The lowest BCUT2D eigenvalue weighted by Crippen LogP contribution is -2.09.